The smallest absolute Gasteiger partial charge is 0.409 e. The molecule has 0 aromatic heterocycles. The maximum Gasteiger partial charge on any atom is 0.409 e. The van der Waals surface area contributed by atoms with Crippen LogP contribution in [0.4, 0.5) is 4.79 Å². The summed E-state index contributed by atoms with van der Waals surface area (Å²) in [7, 11) is 0. The molecule has 1 heterocycles. The molecule has 20 heavy (non-hydrogen) atoms. The van der Waals surface area contributed by atoms with Gasteiger partial charge in [-0.15, -0.1) is 0 Å². The standard InChI is InChI=1S/C13H21N3O4/c1-4-20-13(19)16-7-5-15(6-8-16)12(14)11(9(2)17)10(3)18/h14,17H,4-8H2,1-3H3/b11-9+,14-12?. The average molecular weight is 283 g/mol. The Bertz CT molecular complexity index is 433. The number of amides is 1. The third-order valence-corrected chi connectivity index (χ3v) is 3.07. The minimum absolute atomic E-state index is 0.000934. The van der Waals surface area contributed by atoms with Crippen LogP contribution in [-0.2, 0) is 9.53 Å². The predicted octanol–water partition coefficient (Wildman–Crippen LogP) is 1.16. The molecular formula is C13H21N3O4. The molecule has 1 aliphatic rings. The zero-order valence-corrected chi connectivity index (χ0v) is 12.1. The molecule has 0 aliphatic carbocycles. The molecule has 1 rings (SSSR count). The van der Waals surface area contributed by atoms with E-state index in [0.29, 0.717) is 32.8 Å². The molecule has 7 heteroatoms. The summed E-state index contributed by atoms with van der Waals surface area (Å²) < 4.78 is 4.91. The molecule has 0 saturated carbocycles. The number of carbonyl (C=O) groups excluding carboxylic acids is 2. The molecule has 0 radical (unpaired) electrons. The third kappa shape index (κ3) is 3.72. The van der Waals surface area contributed by atoms with Gasteiger partial charge in [-0.3, -0.25) is 10.2 Å². The van der Waals surface area contributed by atoms with Crippen molar-refractivity contribution in [2.45, 2.75) is 20.8 Å². The van der Waals surface area contributed by atoms with Crippen LogP contribution in [0.3, 0.4) is 0 Å². The van der Waals surface area contributed by atoms with E-state index in [-0.39, 0.29) is 29.0 Å². The monoisotopic (exact) mass is 283 g/mol. The fraction of sp³-hybridized carbons (Fsp3) is 0.615. The summed E-state index contributed by atoms with van der Waals surface area (Å²) in [5.41, 5.74) is 0.0228. The maximum absolute atomic E-state index is 11.6. The fourth-order valence-electron chi connectivity index (χ4n) is 2.08. The number of aliphatic hydroxyl groups excluding tert-OH is 1. The van der Waals surface area contributed by atoms with Crippen molar-refractivity contribution in [2.24, 2.45) is 0 Å². The zero-order chi connectivity index (χ0) is 15.3. The van der Waals surface area contributed by atoms with Gasteiger partial charge in [-0.25, -0.2) is 4.79 Å². The molecule has 1 saturated heterocycles. The van der Waals surface area contributed by atoms with Crippen LogP contribution in [0.15, 0.2) is 11.3 Å². The van der Waals surface area contributed by atoms with E-state index in [1.807, 2.05) is 0 Å². The van der Waals surface area contributed by atoms with Gasteiger partial charge in [0, 0.05) is 26.2 Å². The van der Waals surface area contributed by atoms with Gasteiger partial charge < -0.3 is 19.6 Å². The van der Waals surface area contributed by atoms with Gasteiger partial charge in [-0.05, 0) is 20.8 Å². The largest absolute Gasteiger partial charge is 0.512 e. The number of hydrogen-bond acceptors (Lipinski definition) is 5. The van der Waals surface area contributed by atoms with Crippen molar-refractivity contribution >= 4 is 17.7 Å². The maximum atomic E-state index is 11.6. The Morgan fingerprint density at radius 2 is 1.65 bits per heavy atom. The lowest BCUT2D eigenvalue weighted by molar-refractivity contribution is -0.113. The second kappa shape index (κ2) is 6.93. The molecule has 0 aromatic carbocycles. The summed E-state index contributed by atoms with van der Waals surface area (Å²) in [4.78, 5) is 26.2. The number of aliphatic hydroxyl groups is 1. The molecule has 2 N–H and O–H groups in total. The van der Waals surface area contributed by atoms with E-state index in [0.717, 1.165) is 0 Å². The Labute approximate surface area is 118 Å². The van der Waals surface area contributed by atoms with E-state index in [1.165, 1.54) is 13.8 Å². The zero-order valence-electron chi connectivity index (χ0n) is 12.1. The number of rotatable bonds is 3. The molecule has 0 unspecified atom stereocenters. The highest BCUT2D eigenvalue weighted by molar-refractivity contribution is 6.19. The normalized spacial score (nSPS) is 16.6. The number of amidine groups is 1. The van der Waals surface area contributed by atoms with Crippen LogP contribution >= 0.6 is 0 Å². The first kappa shape index (κ1) is 16.0. The minimum atomic E-state index is -0.362. The number of hydrogen-bond donors (Lipinski definition) is 2. The lowest BCUT2D eigenvalue weighted by atomic mass is 10.1. The van der Waals surface area contributed by atoms with Crippen LogP contribution in [0, 0.1) is 5.41 Å². The molecule has 0 spiro atoms. The number of nitrogens with one attached hydrogen (secondary N) is 1. The van der Waals surface area contributed by atoms with E-state index >= 15 is 0 Å². The summed E-state index contributed by atoms with van der Waals surface area (Å²) >= 11 is 0. The van der Waals surface area contributed by atoms with Crippen molar-refractivity contribution < 1.29 is 19.4 Å². The van der Waals surface area contributed by atoms with E-state index in [9.17, 15) is 14.7 Å². The van der Waals surface area contributed by atoms with E-state index in [1.54, 1.807) is 16.7 Å². The molecule has 1 aliphatic heterocycles. The highest BCUT2D eigenvalue weighted by Crippen LogP contribution is 2.12. The first-order valence-electron chi connectivity index (χ1n) is 6.54. The van der Waals surface area contributed by atoms with Gasteiger partial charge in [0.25, 0.3) is 0 Å². The molecule has 7 nitrogen and oxygen atoms in total. The van der Waals surface area contributed by atoms with Crippen molar-refractivity contribution in [3.63, 3.8) is 0 Å². The first-order chi connectivity index (χ1) is 9.38. The average Bonchev–Trinajstić information content (AvgIpc) is 2.38. The first-order valence-corrected chi connectivity index (χ1v) is 6.54. The molecule has 1 fully saturated rings. The Hall–Kier alpha value is -2.05. The highest BCUT2D eigenvalue weighted by Gasteiger charge is 2.26. The number of piperazine rings is 1. The van der Waals surface area contributed by atoms with Gasteiger partial charge >= 0.3 is 6.09 Å². The van der Waals surface area contributed by atoms with Crippen molar-refractivity contribution in [2.75, 3.05) is 32.8 Å². The Kier molecular flexibility index (Phi) is 5.54. The lowest BCUT2D eigenvalue weighted by Crippen LogP contribution is -2.51. The van der Waals surface area contributed by atoms with Gasteiger partial charge in [0.15, 0.2) is 5.78 Å². The van der Waals surface area contributed by atoms with Crippen LogP contribution in [0.25, 0.3) is 0 Å². The van der Waals surface area contributed by atoms with Crippen LogP contribution < -0.4 is 0 Å². The number of ketones is 1. The molecule has 0 bridgehead atoms. The summed E-state index contributed by atoms with van der Waals surface area (Å²) in [5.74, 6) is -0.501. The Morgan fingerprint density at radius 3 is 2.05 bits per heavy atom. The third-order valence-electron chi connectivity index (χ3n) is 3.07. The fourth-order valence-corrected chi connectivity index (χ4v) is 2.08. The van der Waals surface area contributed by atoms with Gasteiger partial charge in [0.1, 0.15) is 11.6 Å². The quantitative estimate of drug-likeness (QED) is 0.351. The number of Topliss-reactive ketones (excluding diaryl/α,β-unsaturated/α-hetero) is 1. The predicted molar refractivity (Wildman–Crippen MR) is 73.9 cm³/mol. The highest BCUT2D eigenvalue weighted by atomic mass is 16.6. The van der Waals surface area contributed by atoms with Crippen LogP contribution in [-0.4, -0.2) is 65.4 Å². The van der Waals surface area contributed by atoms with Crippen LogP contribution in [0.5, 0.6) is 0 Å². The van der Waals surface area contributed by atoms with Gasteiger partial charge in [0.2, 0.25) is 0 Å². The lowest BCUT2D eigenvalue weighted by Gasteiger charge is -2.35. The summed E-state index contributed by atoms with van der Waals surface area (Å²) in [6.45, 7) is 6.50. The second-order valence-corrected chi connectivity index (χ2v) is 4.54. The van der Waals surface area contributed by atoms with Gasteiger partial charge in [0.05, 0.1) is 12.2 Å². The molecule has 0 atom stereocenters. The SMILES string of the molecule is CCOC(=O)N1CCN(C(=N)/C(C(C)=O)=C(\C)O)CC1. The molecule has 112 valence electrons. The summed E-state index contributed by atoms with van der Waals surface area (Å²) in [5, 5.41) is 17.5. The number of allylic oxidation sites excluding steroid dienone is 1. The van der Waals surface area contributed by atoms with Crippen LogP contribution in [0.2, 0.25) is 0 Å². The Morgan fingerprint density at radius 1 is 1.15 bits per heavy atom. The van der Waals surface area contributed by atoms with Gasteiger partial charge in [-0.2, -0.15) is 0 Å². The van der Waals surface area contributed by atoms with Gasteiger partial charge in [-0.1, -0.05) is 0 Å². The van der Waals surface area contributed by atoms with Crippen molar-refractivity contribution in [1.29, 1.82) is 5.41 Å². The van der Waals surface area contributed by atoms with Crippen molar-refractivity contribution in [3.8, 4) is 0 Å². The number of ether oxygens (including phenoxy) is 1. The molecular weight excluding hydrogens is 262 g/mol. The Balaban J connectivity index is 2.66. The van der Waals surface area contributed by atoms with E-state index < -0.39 is 0 Å². The van der Waals surface area contributed by atoms with E-state index in [4.69, 9.17) is 10.1 Å². The van der Waals surface area contributed by atoms with E-state index in [2.05, 4.69) is 0 Å². The van der Waals surface area contributed by atoms with Crippen molar-refractivity contribution in [3.05, 3.63) is 11.3 Å². The topological polar surface area (TPSA) is 93.9 Å². The van der Waals surface area contributed by atoms with Crippen molar-refractivity contribution in [1.82, 2.24) is 9.80 Å². The number of carbonyl (C=O) groups is 2. The molecule has 1 amide bonds. The minimum Gasteiger partial charge on any atom is -0.512 e. The van der Waals surface area contributed by atoms with Crippen LogP contribution in [0.1, 0.15) is 20.8 Å². The summed E-state index contributed by atoms with van der Waals surface area (Å²) in [6, 6.07) is 0. The molecule has 0 aromatic rings. The second-order valence-electron chi connectivity index (χ2n) is 4.54. The summed E-state index contributed by atoms with van der Waals surface area (Å²) in [6.07, 6.45) is -0.362. The number of nitrogens with zero attached hydrogens (tertiary/aromatic N) is 2.